The normalized spacial score (nSPS) is 15.8. The topological polar surface area (TPSA) is 119 Å². The molecule has 1 aliphatic heterocycles. The van der Waals surface area contributed by atoms with Crippen molar-refractivity contribution >= 4 is 11.7 Å². The zero-order valence-electron chi connectivity index (χ0n) is 13.9. The number of H-pyrrole nitrogens is 1. The predicted molar refractivity (Wildman–Crippen MR) is 91.7 cm³/mol. The van der Waals surface area contributed by atoms with Crippen LogP contribution >= 0.6 is 0 Å². The quantitative estimate of drug-likeness (QED) is 0.716. The number of nitrogens with zero attached hydrogens (tertiary/aromatic N) is 1. The molecule has 2 heterocycles. The number of fused-ring (bicyclic) bond motifs is 1. The number of nitrogens with one attached hydrogen (secondary N) is 2. The Kier molecular flexibility index (Phi) is 4.87. The Morgan fingerprint density at radius 1 is 1.52 bits per heavy atom. The maximum absolute atomic E-state index is 12.3. The van der Waals surface area contributed by atoms with E-state index >= 15 is 0 Å². The number of amides is 1. The van der Waals surface area contributed by atoms with Gasteiger partial charge >= 0.3 is 0 Å². The molecule has 1 aromatic carbocycles. The number of nitrogens with two attached hydrogens (primary N) is 1. The van der Waals surface area contributed by atoms with Gasteiger partial charge in [-0.05, 0) is 18.1 Å². The second-order valence-electron chi connectivity index (χ2n) is 5.82. The number of hydrogen-bond acceptors (Lipinski definition) is 6. The number of carbonyl (C=O) groups is 1. The zero-order chi connectivity index (χ0) is 17.8. The number of methoxy groups -OCH3 is 1. The summed E-state index contributed by atoms with van der Waals surface area (Å²) in [6.45, 7) is 0.652. The molecule has 1 atom stereocenters. The van der Waals surface area contributed by atoms with Crippen LogP contribution in [0.5, 0.6) is 11.5 Å². The van der Waals surface area contributed by atoms with E-state index in [-0.39, 0.29) is 23.2 Å². The summed E-state index contributed by atoms with van der Waals surface area (Å²) in [4.78, 5) is 30.3. The molecule has 2 aromatic rings. The van der Waals surface area contributed by atoms with Crippen LogP contribution in [0.3, 0.4) is 0 Å². The van der Waals surface area contributed by atoms with Gasteiger partial charge in [-0.15, -0.1) is 0 Å². The van der Waals surface area contributed by atoms with Crippen LogP contribution in [0.2, 0.25) is 0 Å². The summed E-state index contributed by atoms with van der Waals surface area (Å²) < 4.78 is 11.0. The number of ether oxygens (including phenoxy) is 2. The fraction of sp³-hybridized carbons (Fsp3) is 0.353. The molecule has 0 saturated carbocycles. The van der Waals surface area contributed by atoms with Crippen LogP contribution in [0.4, 0.5) is 5.82 Å². The molecule has 8 nitrogen and oxygen atoms in total. The Morgan fingerprint density at radius 3 is 3.12 bits per heavy atom. The summed E-state index contributed by atoms with van der Waals surface area (Å²) >= 11 is 0. The van der Waals surface area contributed by atoms with E-state index in [2.05, 4.69) is 15.3 Å². The van der Waals surface area contributed by atoms with Gasteiger partial charge in [-0.1, -0.05) is 12.1 Å². The molecule has 25 heavy (non-hydrogen) atoms. The summed E-state index contributed by atoms with van der Waals surface area (Å²) in [6.07, 6.45) is 0.982. The maximum Gasteiger partial charge on any atom is 0.252 e. The lowest BCUT2D eigenvalue weighted by Gasteiger charge is -2.25. The molecule has 0 radical (unpaired) electrons. The third kappa shape index (κ3) is 3.90. The summed E-state index contributed by atoms with van der Waals surface area (Å²) in [5.74, 6) is 1.62. The van der Waals surface area contributed by atoms with Gasteiger partial charge in [0.05, 0.1) is 13.0 Å². The van der Waals surface area contributed by atoms with Crippen LogP contribution in [0.15, 0.2) is 29.1 Å². The Morgan fingerprint density at radius 2 is 2.36 bits per heavy atom. The van der Waals surface area contributed by atoms with Gasteiger partial charge in [-0.25, -0.2) is 4.98 Å². The van der Waals surface area contributed by atoms with Gasteiger partial charge in [0.2, 0.25) is 5.91 Å². The Balaban J connectivity index is 1.56. The highest BCUT2D eigenvalue weighted by Crippen LogP contribution is 2.35. The minimum absolute atomic E-state index is 0.0975. The van der Waals surface area contributed by atoms with E-state index in [1.165, 1.54) is 6.07 Å². The first-order valence-electron chi connectivity index (χ1n) is 7.99. The summed E-state index contributed by atoms with van der Waals surface area (Å²) in [6, 6.07) is 6.85. The molecule has 0 bridgehead atoms. The number of nitrogen functional groups attached to an aromatic ring is 1. The van der Waals surface area contributed by atoms with Crippen molar-refractivity contribution < 1.29 is 14.3 Å². The minimum atomic E-state index is -0.305. The smallest absolute Gasteiger partial charge is 0.252 e. The second kappa shape index (κ2) is 7.25. The van der Waals surface area contributed by atoms with Gasteiger partial charge in [-0.2, -0.15) is 0 Å². The number of aromatic amines is 1. The van der Waals surface area contributed by atoms with Crippen molar-refractivity contribution in [2.45, 2.75) is 12.8 Å². The first-order chi connectivity index (χ1) is 12.1. The average molecular weight is 344 g/mol. The van der Waals surface area contributed by atoms with Crippen LogP contribution in [0.25, 0.3) is 0 Å². The average Bonchev–Trinajstić information content (AvgIpc) is 2.59. The largest absolute Gasteiger partial charge is 0.493 e. The van der Waals surface area contributed by atoms with Crippen LogP contribution in [-0.4, -0.2) is 36.1 Å². The van der Waals surface area contributed by atoms with Crippen molar-refractivity contribution in [3.8, 4) is 11.5 Å². The van der Waals surface area contributed by atoms with Crippen molar-refractivity contribution in [3.63, 3.8) is 0 Å². The molecule has 1 amide bonds. The molecule has 3 rings (SSSR count). The predicted octanol–water partition coefficient (Wildman–Crippen LogP) is 0.271. The van der Waals surface area contributed by atoms with E-state index in [1.807, 2.05) is 18.2 Å². The van der Waals surface area contributed by atoms with E-state index in [0.717, 1.165) is 5.56 Å². The standard InChI is InChI=1S/C17H20N4O4/c1-24-12-4-2-3-10-7-11(9-25-16(10)12)17(23)19-6-5-14-20-13(18)8-15(22)21-14/h2-4,8,11H,5-7,9H2,1H3,(H,19,23)(H3,18,20,21,22)/t11-/m0/s1. The molecular weight excluding hydrogens is 324 g/mol. The van der Waals surface area contributed by atoms with E-state index < -0.39 is 0 Å². The van der Waals surface area contributed by atoms with Gasteiger partial charge in [-0.3, -0.25) is 9.59 Å². The van der Waals surface area contributed by atoms with Crippen LogP contribution in [0.1, 0.15) is 11.4 Å². The fourth-order valence-electron chi connectivity index (χ4n) is 2.82. The summed E-state index contributed by atoms with van der Waals surface area (Å²) in [7, 11) is 1.59. The first kappa shape index (κ1) is 16.8. The van der Waals surface area contributed by atoms with E-state index in [0.29, 0.717) is 43.3 Å². The van der Waals surface area contributed by atoms with Crippen molar-refractivity contribution in [1.29, 1.82) is 0 Å². The van der Waals surface area contributed by atoms with Crippen molar-refractivity contribution in [2.75, 3.05) is 26.0 Å². The molecule has 8 heteroatoms. The highest BCUT2D eigenvalue weighted by molar-refractivity contribution is 5.79. The van der Waals surface area contributed by atoms with E-state index in [1.54, 1.807) is 7.11 Å². The van der Waals surface area contributed by atoms with Gasteiger partial charge in [0.15, 0.2) is 11.5 Å². The van der Waals surface area contributed by atoms with Gasteiger partial charge < -0.3 is 25.5 Å². The lowest BCUT2D eigenvalue weighted by Crippen LogP contribution is -2.38. The molecule has 0 saturated heterocycles. The van der Waals surface area contributed by atoms with Crippen molar-refractivity contribution in [1.82, 2.24) is 15.3 Å². The Labute approximate surface area is 144 Å². The highest BCUT2D eigenvalue weighted by atomic mass is 16.5. The van der Waals surface area contributed by atoms with Crippen LogP contribution in [-0.2, 0) is 17.6 Å². The van der Waals surface area contributed by atoms with Crippen molar-refractivity contribution in [3.05, 3.63) is 46.0 Å². The second-order valence-corrected chi connectivity index (χ2v) is 5.82. The molecule has 132 valence electrons. The Hall–Kier alpha value is -3.03. The van der Waals surface area contributed by atoms with Gasteiger partial charge in [0.1, 0.15) is 18.2 Å². The molecule has 0 fully saturated rings. The summed E-state index contributed by atoms with van der Waals surface area (Å²) in [5.41, 5.74) is 6.18. The first-order valence-corrected chi connectivity index (χ1v) is 7.99. The third-order valence-corrected chi connectivity index (χ3v) is 4.02. The molecular formula is C17H20N4O4. The number of para-hydroxylation sites is 1. The van der Waals surface area contributed by atoms with Crippen molar-refractivity contribution in [2.24, 2.45) is 5.92 Å². The third-order valence-electron chi connectivity index (χ3n) is 4.02. The highest BCUT2D eigenvalue weighted by Gasteiger charge is 2.27. The van der Waals surface area contributed by atoms with Crippen LogP contribution in [0, 0.1) is 5.92 Å². The molecule has 1 aliphatic rings. The maximum atomic E-state index is 12.3. The number of rotatable bonds is 5. The Bertz CT molecular complexity index is 834. The fourth-order valence-corrected chi connectivity index (χ4v) is 2.82. The lowest BCUT2D eigenvalue weighted by atomic mass is 9.95. The molecule has 0 aliphatic carbocycles. The van der Waals surface area contributed by atoms with E-state index in [9.17, 15) is 9.59 Å². The minimum Gasteiger partial charge on any atom is -0.493 e. The number of aromatic nitrogens is 2. The van der Waals surface area contributed by atoms with E-state index in [4.69, 9.17) is 15.2 Å². The molecule has 4 N–H and O–H groups in total. The molecule has 1 aromatic heterocycles. The van der Waals surface area contributed by atoms with Crippen LogP contribution < -0.4 is 26.1 Å². The molecule has 0 spiro atoms. The number of hydrogen-bond donors (Lipinski definition) is 3. The monoisotopic (exact) mass is 344 g/mol. The number of anilines is 1. The molecule has 0 unspecified atom stereocenters. The number of benzene rings is 1. The lowest BCUT2D eigenvalue weighted by molar-refractivity contribution is -0.126. The zero-order valence-corrected chi connectivity index (χ0v) is 13.9. The van der Waals surface area contributed by atoms with Gasteiger partial charge in [0, 0.05) is 19.0 Å². The SMILES string of the molecule is COc1cccc2c1OC[C@@H](C(=O)NCCc1nc(N)cc(=O)[nH]1)C2. The summed E-state index contributed by atoms with van der Waals surface area (Å²) in [5, 5.41) is 2.85. The number of carbonyl (C=O) groups excluding carboxylic acids is 1. The van der Waals surface area contributed by atoms with Gasteiger partial charge in [0.25, 0.3) is 5.56 Å².